The topological polar surface area (TPSA) is 62.2 Å². The number of nitrogens with one attached hydrogen (secondary N) is 1. The van der Waals surface area contributed by atoms with Crippen LogP contribution in [0.1, 0.15) is 16.8 Å². The van der Waals surface area contributed by atoms with E-state index in [1.807, 2.05) is 0 Å². The summed E-state index contributed by atoms with van der Waals surface area (Å²) in [6.45, 7) is -0.728. The van der Waals surface area contributed by atoms with Gasteiger partial charge >= 0.3 is 12.4 Å². The molecule has 0 saturated carbocycles. The van der Waals surface area contributed by atoms with Gasteiger partial charge in [0.2, 0.25) is 0 Å². The summed E-state index contributed by atoms with van der Waals surface area (Å²) in [7, 11) is 0. The Balaban J connectivity index is 2.24. The molecule has 0 spiro atoms. The van der Waals surface area contributed by atoms with E-state index in [9.17, 15) is 36.2 Å². The van der Waals surface area contributed by atoms with Crippen LogP contribution in [0.2, 0.25) is 0 Å². The van der Waals surface area contributed by atoms with Gasteiger partial charge < -0.3 is 10.4 Å². The summed E-state index contributed by atoms with van der Waals surface area (Å²) in [5.74, 6) is -1.82. The maximum atomic E-state index is 13.3. The molecule has 1 amide bonds. The number of pyridine rings is 1. The van der Waals surface area contributed by atoms with Crippen LogP contribution in [0.3, 0.4) is 0 Å². The average Bonchev–Trinajstić information content (AvgIpc) is 2.58. The molecule has 0 bridgehead atoms. The molecule has 0 saturated heterocycles. The fourth-order valence-corrected chi connectivity index (χ4v) is 2.15. The Morgan fingerprint density at radius 3 is 2.15 bits per heavy atom. The van der Waals surface area contributed by atoms with E-state index >= 15 is 0 Å². The first kappa shape index (κ1) is 19.7. The van der Waals surface area contributed by atoms with Crippen molar-refractivity contribution in [3.05, 3.63) is 65.5 Å². The van der Waals surface area contributed by atoms with E-state index in [-0.39, 0.29) is 5.69 Å². The van der Waals surface area contributed by atoms with Crippen LogP contribution in [0, 0.1) is 0 Å². The largest absolute Gasteiger partial charge is 0.430 e. The van der Waals surface area contributed by atoms with Crippen LogP contribution in [-0.2, 0) is 23.1 Å². The molecule has 0 aliphatic rings. The standard InChI is InChI=1S/C16H12F6N2O2/c17-15(18,19)11-6-7-23-12(8-11)9-24-13(25)14(26,16(20,21)22)10-4-2-1-3-5-10/h1-8,26H,9H2,(H,24,25). The zero-order valence-electron chi connectivity index (χ0n) is 12.9. The highest BCUT2D eigenvalue weighted by Crippen LogP contribution is 2.39. The lowest BCUT2D eigenvalue weighted by molar-refractivity contribution is -0.257. The predicted molar refractivity (Wildman–Crippen MR) is 77.5 cm³/mol. The maximum absolute atomic E-state index is 13.3. The van der Waals surface area contributed by atoms with Gasteiger partial charge in [0.05, 0.1) is 17.8 Å². The summed E-state index contributed by atoms with van der Waals surface area (Å²) < 4.78 is 77.8. The lowest BCUT2D eigenvalue weighted by Crippen LogP contribution is -2.54. The number of halogens is 6. The predicted octanol–water partition coefficient (Wildman–Crippen LogP) is 3.17. The van der Waals surface area contributed by atoms with Crippen molar-refractivity contribution in [2.24, 2.45) is 0 Å². The van der Waals surface area contributed by atoms with Gasteiger partial charge in [-0.15, -0.1) is 0 Å². The number of hydrogen-bond donors (Lipinski definition) is 2. The summed E-state index contributed by atoms with van der Waals surface area (Å²) in [4.78, 5) is 15.6. The molecule has 1 aromatic carbocycles. The SMILES string of the molecule is O=C(NCc1cc(C(F)(F)F)ccn1)C(O)(c1ccccc1)C(F)(F)F. The molecule has 0 radical (unpaired) electrons. The third-order valence-corrected chi connectivity index (χ3v) is 3.50. The Morgan fingerprint density at radius 2 is 1.62 bits per heavy atom. The van der Waals surface area contributed by atoms with E-state index in [1.165, 1.54) is 18.2 Å². The molecule has 4 nitrogen and oxygen atoms in total. The minimum Gasteiger partial charge on any atom is -0.369 e. The van der Waals surface area contributed by atoms with E-state index in [1.54, 1.807) is 5.32 Å². The van der Waals surface area contributed by atoms with Crippen LogP contribution in [0.15, 0.2) is 48.7 Å². The molecule has 1 aromatic heterocycles. The quantitative estimate of drug-likeness (QED) is 0.804. The van der Waals surface area contributed by atoms with Crippen LogP contribution < -0.4 is 5.32 Å². The molecule has 2 rings (SSSR count). The van der Waals surface area contributed by atoms with E-state index in [4.69, 9.17) is 0 Å². The minimum atomic E-state index is -5.35. The number of hydrogen-bond acceptors (Lipinski definition) is 3. The summed E-state index contributed by atoms with van der Waals surface area (Å²) in [6, 6.07) is 6.90. The molecule has 140 valence electrons. The van der Waals surface area contributed by atoms with Gasteiger partial charge in [0, 0.05) is 11.8 Å². The lowest BCUT2D eigenvalue weighted by Gasteiger charge is -2.29. The number of carbonyl (C=O) groups is 1. The van der Waals surface area contributed by atoms with Crippen molar-refractivity contribution in [2.45, 2.75) is 24.5 Å². The number of carbonyl (C=O) groups excluding carboxylic acids is 1. The van der Waals surface area contributed by atoms with Gasteiger partial charge in [-0.2, -0.15) is 26.3 Å². The minimum absolute atomic E-state index is 0.314. The van der Waals surface area contributed by atoms with Crippen LogP contribution in [-0.4, -0.2) is 22.2 Å². The lowest BCUT2D eigenvalue weighted by atomic mass is 9.92. The van der Waals surface area contributed by atoms with Crippen molar-refractivity contribution in [3.63, 3.8) is 0 Å². The summed E-state index contributed by atoms with van der Waals surface area (Å²) in [6.07, 6.45) is -9.20. The molecule has 0 aliphatic carbocycles. The summed E-state index contributed by atoms with van der Waals surface area (Å²) in [5, 5.41) is 11.8. The van der Waals surface area contributed by atoms with Crippen molar-refractivity contribution in [2.75, 3.05) is 0 Å². The molecule has 10 heteroatoms. The number of benzene rings is 1. The highest BCUT2D eigenvalue weighted by Gasteiger charge is 2.60. The maximum Gasteiger partial charge on any atom is 0.430 e. The van der Waals surface area contributed by atoms with Crippen molar-refractivity contribution in [3.8, 4) is 0 Å². The molecule has 1 atom stereocenters. The molecular formula is C16H12F6N2O2. The molecular weight excluding hydrogens is 366 g/mol. The monoisotopic (exact) mass is 378 g/mol. The van der Waals surface area contributed by atoms with Crippen LogP contribution >= 0.6 is 0 Å². The number of amides is 1. The second-order valence-corrected chi connectivity index (χ2v) is 5.29. The Morgan fingerprint density at radius 1 is 1.00 bits per heavy atom. The Hall–Kier alpha value is -2.62. The highest BCUT2D eigenvalue weighted by molar-refractivity contribution is 5.87. The number of nitrogens with zero attached hydrogens (tertiary/aromatic N) is 1. The number of rotatable bonds is 4. The first-order chi connectivity index (χ1) is 12.0. The van der Waals surface area contributed by atoms with Crippen LogP contribution in [0.5, 0.6) is 0 Å². The van der Waals surface area contributed by atoms with E-state index in [0.717, 1.165) is 18.3 Å². The summed E-state index contributed by atoms with van der Waals surface area (Å²) in [5.41, 5.74) is -5.95. The molecule has 1 heterocycles. The van der Waals surface area contributed by atoms with Crippen molar-refractivity contribution < 1.29 is 36.2 Å². The molecule has 26 heavy (non-hydrogen) atoms. The van der Waals surface area contributed by atoms with Gasteiger partial charge in [0.15, 0.2) is 0 Å². The highest BCUT2D eigenvalue weighted by atomic mass is 19.4. The fraction of sp³-hybridized carbons (Fsp3) is 0.250. The van der Waals surface area contributed by atoms with E-state index in [0.29, 0.717) is 12.1 Å². The normalized spacial score (nSPS) is 14.6. The molecule has 0 aliphatic heterocycles. The van der Waals surface area contributed by atoms with Gasteiger partial charge in [-0.25, -0.2) is 0 Å². The summed E-state index contributed by atoms with van der Waals surface area (Å²) >= 11 is 0. The van der Waals surface area contributed by atoms with Gasteiger partial charge in [-0.05, 0) is 12.1 Å². The van der Waals surface area contributed by atoms with E-state index < -0.39 is 41.5 Å². The van der Waals surface area contributed by atoms with Gasteiger partial charge in [-0.1, -0.05) is 30.3 Å². The Labute approximate surface area is 143 Å². The van der Waals surface area contributed by atoms with Crippen molar-refractivity contribution in [1.29, 1.82) is 0 Å². The van der Waals surface area contributed by atoms with Crippen LogP contribution in [0.4, 0.5) is 26.3 Å². The second kappa shape index (κ2) is 6.94. The number of aliphatic hydroxyl groups is 1. The fourth-order valence-electron chi connectivity index (χ4n) is 2.15. The molecule has 1 unspecified atom stereocenters. The smallest absolute Gasteiger partial charge is 0.369 e. The second-order valence-electron chi connectivity index (χ2n) is 5.29. The molecule has 0 fully saturated rings. The van der Waals surface area contributed by atoms with Crippen molar-refractivity contribution in [1.82, 2.24) is 10.3 Å². The van der Waals surface area contributed by atoms with E-state index in [2.05, 4.69) is 4.98 Å². The van der Waals surface area contributed by atoms with Gasteiger partial charge in [0.1, 0.15) is 0 Å². The van der Waals surface area contributed by atoms with Crippen molar-refractivity contribution >= 4 is 5.91 Å². The average molecular weight is 378 g/mol. The Kier molecular flexibility index (Phi) is 5.26. The third kappa shape index (κ3) is 3.96. The zero-order chi connectivity index (χ0) is 19.6. The molecule has 2 N–H and O–H groups in total. The van der Waals surface area contributed by atoms with Gasteiger partial charge in [-0.3, -0.25) is 9.78 Å². The number of alkyl halides is 6. The molecule has 2 aromatic rings. The first-order valence-corrected chi connectivity index (χ1v) is 7.11. The third-order valence-electron chi connectivity index (χ3n) is 3.50. The Bertz CT molecular complexity index is 776. The first-order valence-electron chi connectivity index (χ1n) is 7.11. The van der Waals surface area contributed by atoms with Gasteiger partial charge in [0.25, 0.3) is 11.5 Å². The number of aromatic nitrogens is 1. The van der Waals surface area contributed by atoms with Crippen LogP contribution in [0.25, 0.3) is 0 Å². The zero-order valence-corrected chi connectivity index (χ0v) is 12.9.